The molecule has 2 aromatic rings. The van der Waals surface area contributed by atoms with Gasteiger partial charge in [-0.25, -0.2) is 4.98 Å². The number of nitrogen functional groups attached to an aromatic ring is 1. The number of carbonyl (C=O) groups excluding carboxylic acids is 1. The van der Waals surface area contributed by atoms with Crippen LogP contribution >= 0.6 is 0 Å². The van der Waals surface area contributed by atoms with Gasteiger partial charge in [0, 0.05) is 13.2 Å². The van der Waals surface area contributed by atoms with Gasteiger partial charge in [-0.3, -0.25) is 9.69 Å². The first kappa shape index (κ1) is 13.1. The summed E-state index contributed by atoms with van der Waals surface area (Å²) in [7, 11) is 1.69. The Labute approximate surface area is 112 Å². The lowest BCUT2D eigenvalue weighted by atomic mass is 10.1. The predicted molar refractivity (Wildman–Crippen MR) is 76.9 cm³/mol. The lowest BCUT2D eigenvalue weighted by Crippen LogP contribution is -2.29. The highest BCUT2D eigenvalue weighted by atomic mass is 16.2. The Balaban J connectivity index is 2.12. The molecule has 2 N–H and O–H groups in total. The summed E-state index contributed by atoms with van der Waals surface area (Å²) in [5, 5.41) is 0. The van der Waals surface area contributed by atoms with E-state index in [1.165, 1.54) is 10.5 Å². The first-order valence-electron chi connectivity index (χ1n) is 6.10. The molecule has 0 bridgehead atoms. The number of aryl methyl sites for hydroxylation is 1. The molecule has 0 saturated heterocycles. The zero-order chi connectivity index (χ0) is 13.8. The fraction of sp³-hybridized carbons (Fsp3) is 0.200. The second-order valence-corrected chi connectivity index (χ2v) is 4.53. The number of likely N-dealkylation sites (N-methyl/N-ethyl adjacent to an activating group) is 1. The summed E-state index contributed by atoms with van der Waals surface area (Å²) in [4.78, 5) is 17.8. The fourth-order valence-corrected chi connectivity index (χ4v) is 1.81. The second kappa shape index (κ2) is 5.52. The maximum atomic E-state index is 12.2. The monoisotopic (exact) mass is 255 g/mol. The van der Waals surface area contributed by atoms with Crippen LogP contribution in [0, 0.1) is 6.92 Å². The molecule has 0 saturated carbocycles. The van der Waals surface area contributed by atoms with Crippen molar-refractivity contribution in [2.75, 3.05) is 17.7 Å². The topological polar surface area (TPSA) is 59.2 Å². The SMILES string of the molecule is Cc1ccc(CC(=O)N(C)c2ncccc2N)cc1. The van der Waals surface area contributed by atoms with Gasteiger partial charge in [-0.2, -0.15) is 0 Å². The summed E-state index contributed by atoms with van der Waals surface area (Å²) >= 11 is 0. The summed E-state index contributed by atoms with van der Waals surface area (Å²) in [5.41, 5.74) is 8.48. The van der Waals surface area contributed by atoms with Gasteiger partial charge in [-0.1, -0.05) is 29.8 Å². The van der Waals surface area contributed by atoms with Crippen molar-refractivity contribution in [1.82, 2.24) is 4.98 Å². The smallest absolute Gasteiger partial charge is 0.232 e. The van der Waals surface area contributed by atoms with Crippen LogP contribution in [-0.4, -0.2) is 17.9 Å². The number of nitrogens with zero attached hydrogens (tertiary/aromatic N) is 2. The summed E-state index contributed by atoms with van der Waals surface area (Å²) in [6, 6.07) is 11.4. The highest BCUT2D eigenvalue weighted by Gasteiger charge is 2.14. The van der Waals surface area contributed by atoms with E-state index in [1.54, 1.807) is 25.4 Å². The number of carbonyl (C=O) groups is 1. The number of hydrogen-bond donors (Lipinski definition) is 1. The highest BCUT2D eigenvalue weighted by Crippen LogP contribution is 2.18. The van der Waals surface area contributed by atoms with E-state index in [2.05, 4.69) is 4.98 Å². The minimum Gasteiger partial charge on any atom is -0.396 e. The molecule has 0 aliphatic rings. The van der Waals surface area contributed by atoms with E-state index in [0.717, 1.165) is 5.56 Å². The molecule has 0 spiro atoms. The van der Waals surface area contributed by atoms with Crippen molar-refractivity contribution in [2.45, 2.75) is 13.3 Å². The Morgan fingerprint density at radius 3 is 2.58 bits per heavy atom. The Bertz CT molecular complexity index is 578. The van der Waals surface area contributed by atoms with E-state index in [-0.39, 0.29) is 5.91 Å². The summed E-state index contributed by atoms with van der Waals surface area (Å²) in [6.07, 6.45) is 1.97. The average Bonchev–Trinajstić information content (AvgIpc) is 2.41. The third-order valence-electron chi connectivity index (χ3n) is 2.98. The number of pyridine rings is 1. The lowest BCUT2D eigenvalue weighted by molar-refractivity contribution is -0.117. The quantitative estimate of drug-likeness (QED) is 0.914. The van der Waals surface area contributed by atoms with E-state index in [4.69, 9.17) is 5.73 Å². The minimum absolute atomic E-state index is 0.0331. The molecule has 0 fully saturated rings. The molecule has 2 rings (SSSR count). The van der Waals surface area contributed by atoms with Gasteiger partial charge in [0.1, 0.15) is 0 Å². The zero-order valence-electron chi connectivity index (χ0n) is 11.1. The molecule has 0 radical (unpaired) electrons. The van der Waals surface area contributed by atoms with Gasteiger partial charge in [0.05, 0.1) is 12.1 Å². The summed E-state index contributed by atoms with van der Waals surface area (Å²) in [5.74, 6) is 0.467. The van der Waals surface area contributed by atoms with Gasteiger partial charge in [-0.15, -0.1) is 0 Å². The summed E-state index contributed by atoms with van der Waals surface area (Å²) in [6.45, 7) is 2.02. The molecule has 0 aliphatic carbocycles. The number of rotatable bonds is 3. The summed E-state index contributed by atoms with van der Waals surface area (Å²) < 4.78 is 0. The van der Waals surface area contributed by atoms with Gasteiger partial charge < -0.3 is 5.73 Å². The highest BCUT2D eigenvalue weighted by molar-refractivity contribution is 5.95. The molecule has 98 valence electrons. The molecular weight excluding hydrogens is 238 g/mol. The van der Waals surface area contributed by atoms with Gasteiger partial charge in [-0.05, 0) is 24.6 Å². The third-order valence-corrected chi connectivity index (χ3v) is 2.98. The third kappa shape index (κ3) is 3.10. The van der Waals surface area contributed by atoms with Gasteiger partial charge in [0.15, 0.2) is 5.82 Å². The van der Waals surface area contributed by atoms with E-state index < -0.39 is 0 Å². The van der Waals surface area contributed by atoms with Gasteiger partial charge in [0.25, 0.3) is 0 Å². The Kier molecular flexibility index (Phi) is 3.80. The molecule has 19 heavy (non-hydrogen) atoms. The number of aromatic nitrogens is 1. The van der Waals surface area contributed by atoms with Crippen molar-refractivity contribution < 1.29 is 4.79 Å². The maximum Gasteiger partial charge on any atom is 0.232 e. The van der Waals surface area contributed by atoms with Crippen LogP contribution in [0.1, 0.15) is 11.1 Å². The molecule has 4 nitrogen and oxygen atoms in total. The van der Waals surface area contributed by atoms with E-state index >= 15 is 0 Å². The number of anilines is 2. The number of benzene rings is 1. The number of hydrogen-bond acceptors (Lipinski definition) is 3. The molecule has 0 unspecified atom stereocenters. The Hall–Kier alpha value is -2.36. The fourth-order valence-electron chi connectivity index (χ4n) is 1.81. The normalized spacial score (nSPS) is 10.2. The van der Waals surface area contributed by atoms with Crippen LogP contribution < -0.4 is 10.6 Å². The number of amides is 1. The molecular formula is C15H17N3O. The molecule has 1 amide bonds. The Morgan fingerprint density at radius 1 is 1.26 bits per heavy atom. The minimum atomic E-state index is -0.0331. The van der Waals surface area contributed by atoms with Crippen LogP contribution in [0.3, 0.4) is 0 Å². The van der Waals surface area contributed by atoms with Crippen molar-refractivity contribution in [2.24, 2.45) is 0 Å². The molecule has 1 aromatic heterocycles. The van der Waals surface area contributed by atoms with Crippen LogP contribution in [0.25, 0.3) is 0 Å². The van der Waals surface area contributed by atoms with E-state index in [0.29, 0.717) is 17.9 Å². The largest absolute Gasteiger partial charge is 0.396 e. The van der Waals surface area contributed by atoms with Crippen LogP contribution in [0.15, 0.2) is 42.6 Å². The first-order chi connectivity index (χ1) is 9.08. The van der Waals surface area contributed by atoms with Gasteiger partial charge >= 0.3 is 0 Å². The van der Waals surface area contributed by atoms with E-state index in [1.807, 2.05) is 31.2 Å². The lowest BCUT2D eigenvalue weighted by Gasteiger charge is -2.17. The number of nitrogens with two attached hydrogens (primary N) is 1. The molecule has 1 aromatic carbocycles. The van der Waals surface area contributed by atoms with Crippen molar-refractivity contribution >= 4 is 17.4 Å². The standard InChI is InChI=1S/C15H17N3O/c1-11-5-7-12(8-6-11)10-14(19)18(2)15-13(16)4-3-9-17-15/h3-9H,10,16H2,1-2H3. The van der Waals surface area contributed by atoms with Crippen molar-refractivity contribution in [3.05, 3.63) is 53.7 Å². The van der Waals surface area contributed by atoms with Crippen molar-refractivity contribution in [1.29, 1.82) is 0 Å². The van der Waals surface area contributed by atoms with Gasteiger partial charge in [0.2, 0.25) is 5.91 Å². The van der Waals surface area contributed by atoms with E-state index in [9.17, 15) is 4.79 Å². The average molecular weight is 255 g/mol. The Morgan fingerprint density at radius 2 is 1.95 bits per heavy atom. The first-order valence-corrected chi connectivity index (χ1v) is 6.10. The zero-order valence-corrected chi connectivity index (χ0v) is 11.1. The van der Waals surface area contributed by atoms with Crippen LogP contribution in [0.5, 0.6) is 0 Å². The molecule has 0 aliphatic heterocycles. The maximum absolute atomic E-state index is 12.2. The second-order valence-electron chi connectivity index (χ2n) is 4.53. The van der Waals surface area contributed by atoms with Crippen LogP contribution in [0.4, 0.5) is 11.5 Å². The van der Waals surface area contributed by atoms with Crippen LogP contribution in [-0.2, 0) is 11.2 Å². The predicted octanol–water partition coefficient (Wildman–Crippen LogP) is 2.18. The van der Waals surface area contributed by atoms with Crippen molar-refractivity contribution in [3.63, 3.8) is 0 Å². The van der Waals surface area contributed by atoms with Crippen molar-refractivity contribution in [3.8, 4) is 0 Å². The van der Waals surface area contributed by atoms with Crippen LogP contribution in [0.2, 0.25) is 0 Å². The molecule has 0 atom stereocenters. The molecule has 4 heteroatoms. The molecule has 1 heterocycles.